The van der Waals surface area contributed by atoms with Crippen molar-refractivity contribution in [2.75, 3.05) is 6.61 Å². The van der Waals surface area contributed by atoms with Gasteiger partial charge in [-0.15, -0.1) is 0 Å². The van der Waals surface area contributed by atoms with Gasteiger partial charge < -0.3 is 23.3 Å². The second-order valence-corrected chi connectivity index (χ2v) is 15.8. The number of aryl methyl sites for hydroxylation is 1. The van der Waals surface area contributed by atoms with E-state index in [1.54, 1.807) is 64.1 Å². The van der Waals surface area contributed by atoms with Gasteiger partial charge >= 0.3 is 33.1 Å². The number of nitrogens with zero attached hydrogens (tertiary/aromatic N) is 1. The van der Waals surface area contributed by atoms with Crippen molar-refractivity contribution in [2.45, 2.75) is 98.4 Å². The van der Waals surface area contributed by atoms with E-state index in [0.717, 1.165) is 10.8 Å². The molecule has 2 aromatic carbocycles. The smallest absolute Gasteiger partial charge is 0.462 e. The summed E-state index contributed by atoms with van der Waals surface area (Å²) in [5.74, 6) is -1.65. The van der Waals surface area contributed by atoms with E-state index in [1.807, 2.05) is 0 Å². The molecule has 0 amide bonds. The van der Waals surface area contributed by atoms with Gasteiger partial charge in [-0.3, -0.25) is 28.5 Å². The van der Waals surface area contributed by atoms with Crippen LogP contribution >= 0.6 is 15.5 Å². The van der Waals surface area contributed by atoms with Gasteiger partial charge in [0.2, 0.25) is 6.36 Å². The number of alkyl halides is 1. The molecule has 0 aliphatic heterocycles. The van der Waals surface area contributed by atoms with Crippen molar-refractivity contribution in [2.24, 2.45) is 0 Å². The fourth-order valence-electron chi connectivity index (χ4n) is 4.38. The third kappa shape index (κ3) is 13.9. The predicted octanol–water partition coefficient (Wildman–Crippen LogP) is 5.31. The van der Waals surface area contributed by atoms with Gasteiger partial charge in [0.25, 0.3) is 5.56 Å². The number of aromatic amines is 1. The van der Waals surface area contributed by atoms with Gasteiger partial charge in [-0.1, -0.05) is 36.4 Å². The Balaban J connectivity index is 2.02. The molecule has 20 heteroatoms. The van der Waals surface area contributed by atoms with Crippen molar-refractivity contribution in [1.82, 2.24) is 19.7 Å². The molecule has 0 spiro atoms. The molecular formula is C34H47FN4O13P2. The summed E-state index contributed by atoms with van der Waals surface area (Å²) < 4.78 is 84.4. The molecule has 0 saturated heterocycles. The first kappa shape index (κ1) is 44.2. The number of nitrogens with one attached hydrogen (secondary N) is 3. The largest absolute Gasteiger partial charge is 0.462 e. The third-order valence-electron chi connectivity index (χ3n) is 6.90. The lowest BCUT2D eigenvalue weighted by molar-refractivity contribution is -0.151. The van der Waals surface area contributed by atoms with Crippen molar-refractivity contribution >= 4 is 27.4 Å². The number of halogens is 1. The maximum atomic E-state index is 16.6. The lowest BCUT2D eigenvalue weighted by Gasteiger charge is -2.30. The zero-order valence-corrected chi connectivity index (χ0v) is 32.9. The van der Waals surface area contributed by atoms with Crippen LogP contribution in [0.1, 0.15) is 60.3 Å². The summed E-state index contributed by atoms with van der Waals surface area (Å²) in [6, 6.07) is 12.6. The van der Waals surface area contributed by atoms with Crippen molar-refractivity contribution in [3.8, 4) is 11.5 Å². The highest BCUT2D eigenvalue weighted by atomic mass is 31.2. The zero-order valence-electron chi connectivity index (χ0n) is 31.1. The van der Waals surface area contributed by atoms with Crippen molar-refractivity contribution in [3.05, 3.63) is 93.3 Å². The molecule has 1 heterocycles. The topological polar surface area (TPSA) is 212 Å². The fraction of sp³-hybridized carbons (Fsp3) is 0.471. The normalized spacial score (nSPS) is 16.6. The molecule has 3 rings (SSSR count). The number of carbonyl (C=O) groups excluding carboxylic acids is 2. The second kappa shape index (κ2) is 20.0. The highest BCUT2D eigenvalue weighted by Gasteiger charge is 2.41. The highest BCUT2D eigenvalue weighted by Crippen LogP contribution is 2.49. The van der Waals surface area contributed by atoms with Crippen LogP contribution in [-0.2, 0) is 42.0 Å². The molecule has 2 unspecified atom stereocenters. The van der Waals surface area contributed by atoms with E-state index in [4.69, 9.17) is 32.3 Å². The summed E-state index contributed by atoms with van der Waals surface area (Å²) in [5.41, 5.74) is -1.46. The standard InChI is InChI=1S/C34H47FN4O13P2/c1-21(2)47-32(41)24(6)37-53(44,50-27-15-11-9-12-16-27)46-20-29(49-26(8)39-19-23(5)31(40)36-34(39)43)30(35)52-54(45,51-28-17-13-10-14-18-28)38-25(7)33(42)48-22(3)4/h9-19,21-22,24-26,29-30H,20H2,1-8H3,(H,37,44)(H,38,45)(H,36,40,43)/t24-,25-,26-,29-,30-,53?,54?/m0/s1. The van der Waals surface area contributed by atoms with Gasteiger partial charge in [0, 0.05) is 11.8 Å². The molecule has 298 valence electrons. The average molecular weight is 801 g/mol. The minimum Gasteiger partial charge on any atom is -0.462 e. The second-order valence-electron chi connectivity index (χ2n) is 12.5. The maximum absolute atomic E-state index is 16.6. The molecule has 0 aliphatic rings. The maximum Gasteiger partial charge on any atom is 0.462 e. The number of ether oxygens (including phenoxy) is 3. The van der Waals surface area contributed by atoms with Crippen molar-refractivity contribution in [1.29, 1.82) is 0 Å². The summed E-state index contributed by atoms with van der Waals surface area (Å²) in [6.07, 6.45) is -6.04. The first-order chi connectivity index (χ1) is 25.3. The molecule has 17 nitrogen and oxygen atoms in total. The summed E-state index contributed by atoms with van der Waals surface area (Å²) in [4.78, 5) is 52.1. The Labute approximate surface area is 312 Å². The Morgan fingerprint density at radius 3 is 1.72 bits per heavy atom. The molecule has 54 heavy (non-hydrogen) atoms. The van der Waals surface area contributed by atoms with E-state index in [0.29, 0.717) is 0 Å². The van der Waals surface area contributed by atoms with Crippen LogP contribution < -0.4 is 30.5 Å². The molecule has 0 aliphatic carbocycles. The van der Waals surface area contributed by atoms with Gasteiger partial charge in [0.15, 0.2) is 0 Å². The summed E-state index contributed by atoms with van der Waals surface area (Å²) in [6.45, 7) is 10.8. The first-order valence-electron chi connectivity index (χ1n) is 16.9. The number of hydrogen-bond acceptors (Lipinski definition) is 13. The fourth-order valence-corrected chi connectivity index (χ4v) is 7.42. The number of benzene rings is 2. The Kier molecular flexibility index (Phi) is 16.4. The quantitative estimate of drug-likeness (QED) is 0.0920. The van der Waals surface area contributed by atoms with E-state index in [9.17, 15) is 28.3 Å². The molecule has 0 saturated carbocycles. The molecule has 0 radical (unpaired) electrons. The lowest BCUT2D eigenvalue weighted by atomic mass is 10.3. The van der Waals surface area contributed by atoms with E-state index in [-0.39, 0.29) is 17.1 Å². The third-order valence-corrected chi connectivity index (χ3v) is 10.2. The van der Waals surface area contributed by atoms with Gasteiger partial charge in [0.1, 0.15) is 35.9 Å². The monoisotopic (exact) mass is 800 g/mol. The van der Waals surface area contributed by atoms with Crippen LogP contribution in [0.5, 0.6) is 11.5 Å². The summed E-state index contributed by atoms with van der Waals surface area (Å²) in [5, 5.41) is 4.83. The molecule has 1 aromatic heterocycles. The zero-order chi connectivity index (χ0) is 40.2. The highest BCUT2D eigenvalue weighted by molar-refractivity contribution is 7.52. The number of hydrogen-bond donors (Lipinski definition) is 3. The number of rotatable bonds is 21. The molecule has 3 N–H and O–H groups in total. The molecular weight excluding hydrogens is 753 g/mol. The SMILES string of the molecule is Cc1cn([C@H](C)O[C@@H](COP(=O)(N[C@@H](C)C(=O)OC(C)C)Oc2ccccc2)[C@@H](F)OP(=O)(N[C@@H](C)C(=O)OC(C)C)Oc2ccccc2)c(=O)[nH]c1=O. The molecule has 0 bridgehead atoms. The number of aromatic nitrogens is 2. The van der Waals surface area contributed by atoms with Gasteiger partial charge in [-0.25, -0.2) is 22.8 Å². The van der Waals surface area contributed by atoms with Crippen LogP contribution in [-0.4, -0.2) is 64.8 Å². The van der Waals surface area contributed by atoms with Gasteiger partial charge in [-0.05, 0) is 79.7 Å². The predicted molar refractivity (Wildman–Crippen MR) is 195 cm³/mol. The number of esters is 2. The van der Waals surface area contributed by atoms with Crippen LogP contribution in [0.3, 0.4) is 0 Å². The number of H-pyrrole nitrogens is 1. The van der Waals surface area contributed by atoms with E-state index in [1.165, 1.54) is 52.0 Å². The van der Waals surface area contributed by atoms with Crippen LogP contribution in [0.15, 0.2) is 76.4 Å². The lowest BCUT2D eigenvalue weighted by Crippen LogP contribution is -2.41. The first-order valence-corrected chi connectivity index (χ1v) is 20.0. The van der Waals surface area contributed by atoms with E-state index < -0.39 is 88.3 Å². The summed E-state index contributed by atoms with van der Waals surface area (Å²) >= 11 is 0. The van der Waals surface area contributed by atoms with E-state index >= 15 is 4.39 Å². The van der Waals surface area contributed by atoms with E-state index in [2.05, 4.69) is 15.2 Å². The Hall–Kier alpha value is -4.15. The Bertz CT molecular complexity index is 1900. The molecule has 3 aromatic rings. The molecule has 7 atom stereocenters. The minimum absolute atomic E-state index is 0.0328. The van der Waals surface area contributed by atoms with Gasteiger partial charge in [-0.2, -0.15) is 10.2 Å². The van der Waals surface area contributed by atoms with Crippen LogP contribution in [0.2, 0.25) is 0 Å². The Morgan fingerprint density at radius 2 is 1.24 bits per heavy atom. The van der Waals surface area contributed by atoms with Crippen LogP contribution in [0.25, 0.3) is 0 Å². The number of para-hydroxylation sites is 2. The van der Waals surface area contributed by atoms with Gasteiger partial charge in [0.05, 0.1) is 18.8 Å². The number of carbonyl (C=O) groups is 2. The van der Waals surface area contributed by atoms with Crippen LogP contribution in [0.4, 0.5) is 4.39 Å². The Morgan fingerprint density at radius 1 is 0.778 bits per heavy atom. The average Bonchev–Trinajstić information content (AvgIpc) is 3.08. The van der Waals surface area contributed by atoms with Crippen LogP contribution in [0, 0.1) is 6.92 Å². The summed E-state index contributed by atoms with van der Waals surface area (Å²) in [7, 11) is -9.50. The van der Waals surface area contributed by atoms with Crippen molar-refractivity contribution in [3.63, 3.8) is 0 Å². The molecule has 0 fully saturated rings. The minimum atomic E-state index is -4.87. The van der Waals surface area contributed by atoms with Crippen molar-refractivity contribution < 1.29 is 55.4 Å².